The minimum Gasteiger partial charge on any atom is -0.479 e. The molecule has 2 rings (SSSR count). The summed E-state index contributed by atoms with van der Waals surface area (Å²) in [5.41, 5.74) is 8.39. The third-order valence-corrected chi connectivity index (χ3v) is 4.09. The third-order valence-electron chi connectivity index (χ3n) is 4.09. The maximum atomic E-state index is 11.8. The van der Waals surface area contributed by atoms with E-state index in [1.807, 2.05) is 24.3 Å². The van der Waals surface area contributed by atoms with E-state index in [4.69, 9.17) is 11.1 Å². The average molecular weight is 340 g/mol. The highest BCUT2D eigenvalue weighted by Crippen LogP contribution is 2.24. The number of aliphatic carboxylic acids is 1. The molecule has 1 atom stereocenters. The maximum absolute atomic E-state index is 11.8. The number of nitrogens with zero attached hydrogens (tertiary/aromatic N) is 1. The molecule has 0 spiro atoms. The van der Waals surface area contributed by atoms with E-state index in [0.29, 0.717) is 16.8 Å². The van der Waals surface area contributed by atoms with Gasteiger partial charge in [-0.3, -0.25) is 5.41 Å². The van der Waals surface area contributed by atoms with Gasteiger partial charge in [0.15, 0.2) is 6.04 Å². The summed E-state index contributed by atoms with van der Waals surface area (Å²) in [6, 6.07) is 13.5. The van der Waals surface area contributed by atoms with Crippen LogP contribution in [0.2, 0.25) is 0 Å². The van der Waals surface area contributed by atoms with E-state index in [0.717, 1.165) is 18.8 Å². The minimum atomic E-state index is -0.952. The van der Waals surface area contributed by atoms with Crippen molar-refractivity contribution < 1.29 is 9.90 Å². The van der Waals surface area contributed by atoms with E-state index in [1.54, 1.807) is 24.3 Å². The van der Waals surface area contributed by atoms with Crippen molar-refractivity contribution in [3.8, 4) is 0 Å². The van der Waals surface area contributed by atoms with Crippen molar-refractivity contribution >= 4 is 23.2 Å². The smallest absolute Gasteiger partial charge is 0.330 e. The molecule has 0 aliphatic carbocycles. The quantitative estimate of drug-likeness (QED) is 0.437. The number of carbonyl (C=O) groups is 1. The van der Waals surface area contributed by atoms with Gasteiger partial charge in [-0.15, -0.1) is 0 Å². The van der Waals surface area contributed by atoms with Crippen LogP contribution in [-0.4, -0.2) is 30.0 Å². The lowest BCUT2D eigenvalue weighted by atomic mass is 10.0. The molecule has 2 aromatic carbocycles. The molecule has 0 saturated carbocycles. The summed E-state index contributed by atoms with van der Waals surface area (Å²) in [5, 5.41) is 20.1. The van der Waals surface area contributed by atoms with Crippen LogP contribution in [0.15, 0.2) is 48.5 Å². The normalized spacial score (nSPS) is 11.6. The van der Waals surface area contributed by atoms with Crippen LogP contribution in [0.1, 0.15) is 31.0 Å². The lowest BCUT2D eigenvalue weighted by Gasteiger charge is -2.23. The summed E-state index contributed by atoms with van der Waals surface area (Å²) >= 11 is 0. The van der Waals surface area contributed by atoms with E-state index in [-0.39, 0.29) is 5.84 Å². The molecule has 0 aliphatic heterocycles. The molecule has 0 amide bonds. The summed E-state index contributed by atoms with van der Waals surface area (Å²) in [6.45, 7) is 5.86. The fraction of sp³-hybridized carbons (Fsp3) is 0.263. The largest absolute Gasteiger partial charge is 0.479 e. The Kier molecular flexibility index (Phi) is 6.00. The topological polar surface area (TPSA) is 102 Å². The van der Waals surface area contributed by atoms with Crippen molar-refractivity contribution in [2.75, 3.05) is 23.3 Å². The highest BCUT2D eigenvalue weighted by Gasteiger charge is 2.20. The SMILES string of the molecule is CCN(CC)c1cccc(C(Nc2ccc(C(=N)N)cc2)C(=O)O)c1. The molecule has 0 saturated heterocycles. The molecular weight excluding hydrogens is 316 g/mol. The number of carboxylic acid groups (broad SMARTS) is 1. The van der Waals surface area contributed by atoms with Crippen LogP contribution in [-0.2, 0) is 4.79 Å². The first-order valence-corrected chi connectivity index (χ1v) is 8.25. The first-order valence-electron chi connectivity index (χ1n) is 8.25. The Bertz CT molecular complexity index is 739. The zero-order chi connectivity index (χ0) is 18.4. The van der Waals surface area contributed by atoms with E-state index >= 15 is 0 Å². The first kappa shape index (κ1) is 18.3. The van der Waals surface area contributed by atoms with Crippen molar-refractivity contribution in [1.82, 2.24) is 0 Å². The number of hydrogen-bond acceptors (Lipinski definition) is 4. The first-order chi connectivity index (χ1) is 12.0. The third kappa shape index (κ3) is 4.50. The van der Waals surface area contributed by atoms with Gasteiger partial charge in [0.05, 0.1) is 0 Å². The van der Waals surface area contributed by atoms with Gasteiger partial charge in [0, 0.05) is 30.0 Å². The zero-order valence-electron chi connectivity index (χ0n) is 14.5. The summed E-state index contributed by atoms with van der Waals surface area (Å²) in [4.78, 5) is 13.9. The van der Waals surface area contributed by atoms with Gasteiger partial charge in [0.1, 0.15) is 5.84 Å². The molecule has 25 heavy (non-hydrogen) atoms. The highest BCUT2D eigenvalue weighted by molar-refractivity contribution is 5.95. The Labute approximate surface area is 147 Å². The molecule has 2 aromatic rings. The van der Waals surface area contributed by atoms with Crippen molar-refractivity contribution in [3.05, 3.63) is 59.7 Å². The highest BCUT2D eigenvalue weighted by atomic mass is 16.4. The maximum Gasteiger partial charge on any atom is 0.330 e. The number of rotatable bonds is 8. The molecule has 0 aliphatic rings. The molecule has 5 N–H and O–H groups in total. The van der Waals surface area contributed by atoms with Crippen molar-refractivity contribution in [3.63, 3.8) is 0 Å². The fourth-order valence-corrected chi connectivity index (χ4v) is 2.69. The van der Waals surface area contributed by atoms with Crippen molar-refractivity contribution in [2.24, 2.45) is 5.73 Å². The number of hydrogen-bond donors (Lipinski definition) is 4. The molecule has 0 bridgehead atoms. The van der Waals surface area contributed by atoms with Gasteiger partial charge in [0.2, 0.25) is 0 Å². The van der Waals surface area contributed by atoms with E-state index in [9.17, 15) is 9.90 Å². The number of nitrogens with one attached hydrogen (secondary N) is 2. The van der Waals surface area contributed by atoms with Gasteiger partial charge in [-0.25, -0.2) is 4.79 Å². The van der Waals surface area contributed by atoms with Gasteiger partial charge in [-0.1, -0.05) is 12.1 Å². The van der Waals surface area contributed by atoms with Gasteiger partial charge in [-0.2, -0.15) is 0 Å². The monoisotopic (exact) mass is 340 g/mol. The molecule has 0 fully saturated rings. The Morgan fingerprint density at radius 1 is 1.20 bits per heavy atom. The van der Waals surface area contributed by atoms with Gasteiger partial charge in [0.25, 0.3) is 0 Å². The Morgan fingerprint density at radius 3 is 2.36 bits per heavy atom. The molecule has 1 unspecified atom stereocenters. The van der Waals surface area contributed by atoms with Crippen LogP contribution in [0.4, 0.5) is 11.4 Å². The lowest BCUT2D eigenvalue weighted by Crippen LogP contribution is -2.24. The van der Waals surface area contributed by atoms with Crippen LogP contribution in [0, 0.1) is 5.41 Å². The minimum absolute atomic E-state index is 0.0201. The van der Waals surface area contributed by atoms with E-state index < -0.39 is 12.0 Å². The number of nitrogens with two attached hydrogens (primary N) is 1. The van der Waals surface area contributed by atoms with Crippen molar-refractivity contribution in [2.45, 2.75) is 19.9 Å². The Morgan fingerprint density at radius 2 is 1.84 bits per heavy atom. The predicted molar refractivity (Wildman–Crippen MR) is 101 cm³/mol. The number of anilines is 2. The zero-order valence-corrected chi connectivity index (χ0v) is 14.5. The van der Waals surface area contributed by atoms with Crippen LogP contribution in [0.5, 0.6) is 0 Å². The second kappa shape index (κ2) is 8.19. The number of benzene rings is 2. The fourth-order valence-electron chi connectivity index (χ4n) is 2.69. The molecule has 132 valence electrons. The number of nitrogen functional groups attached to an aromatic ring is 1. The van der Waals surface area contributed by atoms with E-state index in [2.05, 4.69) is 24.1 Å². The average Bonchev–Trinajstić information content (AvgIpc) is 2.61. The second-order valence-corrected chi connectivity index (χ2v) is 5.67. The van der Waals surface area contributed by atoms with Crippen LogP contribution >= 0.6 is 0 Å². The summed E-state index contributed by atoms with van der Waals surface area (Å²) in [7, 11) is 0. The summed E-state index contributed by atoms with van der Waals surface area (Å²) in [6.07, 6.45) is 0. The number of amidine groups is 1. The van der Waals surface area contributed by atoms with Crippen molar-refractivity contribution in [1.29, 1.82) is 5.41 Å². The van der Waals surface area contributed by atoms with Crippen LogP contribution < -0.4 is 16.0 Å². The Hall–Kier alpha value is -3.02. The van der Waals surface area contributed by atoms with Crippen LogP contribution in [0.25, 0.3) is 0 Å². The predicted octanol–water partition coefficient (Wildman–Crippen LogP) is 3.05. The summed E-state index contributed by atoms with van der Waals surface area (Å²) < 4.78 is 0. The molecule has 6 heteroatoms. The van der Waals surface area contributed by atoms with Gasteiger partial charge in [-0.05, 0) is 55.8 Å². The number of carboxylic acids is 1. The second-order valence-electron chi connectivity index (χ2n) is 5.67. The van der Waals surface area contributed by atoms with Gasteiger partial charge >= 0.3 is 5.97 Å². The standard InChI is InChI=1S/C19H24N4O2/c1-3-23(4-2)16-7-5-6-14(12-16)17(19(24)25)22-15-10-8-13(9-11-15)18(20)21/h5-12,17,22H,3-4H2,1-2H3,(H3,20,21)(H,24,25). The molecule has 6 nitrogen and oxygen atoms in total. The molecule has 0 aromatic heterocycles. The van der Waals surface area contributed by atoms with Crippen LogP contribution in [0.3, 0.4) is 0 Å². The molecular formula is C19H24N4O2. The Balaban J connectivity index is 2.27. The molecule has 0 heterocycles. The molecule has 0 radical (unpaired) electrons. The van der Waals surface area contributed by atoms with Gasteiger partial charge < -0.3 is 21.1 Å². The summed E-state index contributed by atoms with van der Waals surface area (Å²) in [5.74, 6) is -0.972. The lowest BCUT2D eigenvalue weighted by molar-refractivity contribution is -0.138. The van der Waals surface area contributed by atoms with E-state index in [1.165, 1.54) is 0 Å².